The van der Waals surface area contributed by atoms with Crippen LogP contribution in [0.4, 0.5) is 5.69 Å². The molecule has 0 spiro atoms. The summed E-state index contributed by atoms with van der Waals surface area (Å²) >= 11 is 0. The van der Waals surface area contributed by atoms with Gasteiger partial charge < -0.3 is 5.73 Å². The molecule has 1 atom stereocenters. The normalized spacial score (nSPS) is 17.7. The molecule has 0 fully saturated rings. The van der Waals surface area contributed by atoms with Gasteiger partial charge in [-0.05, 0) is 17.9 Å². The summed E-state index contributed by atoms with van der Waals surface area (Å²) in [5.41, 5.74) is 10.0. The summed E-state index contributed by atoms with van der Waals surface area (Å²) in [7, 11) is 1.83. The van der Waals surface area contributed by atoms with Crippen molar-refractivity contribution in [3.63, 3.8) is 0 Å². The number of benzene rings is 1. The number of ketones is 1. The number of nitrogens with two attached hydrogens (primary N) is 1. The van der Waals surface area contributed by atoms with E-state index in [1.54, 1.807) is 10.9 Å². The third kappa shape index (κ3) is 1.82. The van der Waals surface area contributed by atoms with Crippen molar-refractivity contribution in [3.8, 4) is 0 Å². The van der Waals surface area contributed by atoms with Gasteiger partial charge in [0.05, 0.1) is 28.5 Å². The van der Waals surface area contributed by atoms with Crippen LogP contribution in [0, 0.1) is 0 Å². The molecule has 5 nitrogen and oxygen atoms in total. The van der Waals surface area contributed by atoms with Crippen molar-refractivity contribution in [1.82, 2.24) is 14.8 Å². The number of aromatic nitrogens is 3. The number of hydrogen-bond donors (Lipinski definition) is 1. The fourth-order valence-corrected chi connectivity index (χ4v) is 3.28. The summed E-state index contributed by atoms with van der Waals surface area (Å²) < 4.78 is 1.70. The number of hydrogen-bond acceptors (Lipinski definition) is 4. The van der Waals surface area contributed by atoms with E-state index in [9.17, 15) is 4.79 Å². The monoisotopic (exact) mass is 292 g/mol. The van der Waals surface area contributed by atoms with E-state index in [0.717, 1.165) is 23.1 Å². The molecule has 5 heteroatoms. The van der Waals surface area contributed by atoms with Crippen LogP contribution in [0.25, 0.3) is 11.0 Å². The fourth-order valence-electron chi connectivity index (χ4n) is 3.28. The minimum Gasteiger partial charge on any atom is -0.397 e. The highest BCUT2D eigenvalue weighted by Gasteiger charge is 2.30. The van der Waals surface area contributed by atoms with Gasteiger partial charge in [0.15, 0.2) is 11.4 Å². The van der Waals surface area contributed by atoms with Gasteiger partial charge in [-0.3, -0.25) is 9.48 Å². The van der Waals surface area contributed by atoms with E-state index in [1.807, 2.05) is 25.2 Å². The van der Waals surface area contributed by atoms with Gasteiger partial charge in [-0.15, -0.1) is 0 Å². The molecular formula is C17H16N4O. The maximum Gasteiger partial charge on any atom is 0.167 e. The summed E-state index contributed by atoms with van der Waals surface area (Å²) in [6, 6.07) is 10.1. The Balaban J connectivity index is 1.87. The third-order valence-corrected chi connectivity index (χ3v) is 4.42. The number of fused-ring (bicyclic) bond motifs is 2. The molecule has 22 heavy (non-hydrogen) atoms. The fraction of sp³-hybridized carbons (Fsp3) is 0.235. The van der Waals surface area contributed by atoms with Gasteiger partial charge in [0, 0.05) is 13.5 Å². The maximum absolute atomic E-state index is 12.6. The Bertz CT molecular complexity index is 883. The van der Waals surface area contributed by atoms with E-state index in [1.165, 1.54) is 5.56 Å². The van der Waals surface area contributed by atoms with E-state index in [-0.39, 0.29) is 11.7 Å². The first kappa shape index (κ1) is 13.0. The summed E-state index contributed by atoms with van der Waals surface area (Å²) in [6.45, 7) is 0. The molecule has 0 amide bonds. The molecule has 0 bridgehead atoms. The zero-order chi connectivity index (χ0) is 15.3. The lowest BCUT2D eigenvalue weighted by atomic mass is 9.81. The summed E-state index contributed by atoms with van der Waals surface area (Å²) in [5.74, 6) is 0.240. The van der Waals surface area contributed by atoms with Crippen LogP contribution in [0.1, 0.15) is 34.0 Å². The Labute approximate surface area is 127 Å². The van der Waals surface area contributed by atoms with Crippen molar-refractivity contribution in [2.45, 2.75) is 18.8 Å². The minimum absolute atomic E-state index is 0.0749. The average molecular weight is 292 g/mol. The molecule has 0 saturated heterocycles. The lowest BCUT2D eigenvalue weighted by Gasteiger charge is -2.24. The van der Waals surface area contributed by atoms with Gasteiger partial charge in [-0.25, -0.2) is 4.98 Å². The van der Waals surface area contributed by atoms with E-state index in [2.05, 4.69) is 22.2 Å². The molecule has 0 saturated carbocycles. The largest absolute Gasteiger partial charge is 0.397 e. The van der Waals surface area contributed by atoms with Gasteiger partial charge in [0.25, 0.3) is 0 Å². The number of nitrogens with zero attached hydrogens (tertiary/aromatic N) is 3. The molecule has 2 heterocycles. The molecular weight excluding hydrogens is 276 g/mol. The third-order valence-electron chi connectivity index (χ3n) is 4.42. The second-order valence-electron chi connectivity index (χ2n) is 5.79. The molecule has 1 aliphatic rings. The number of aryl methyl sites for hydroxylation is 1. The Morgan fingerprint density at radius 3 is 2.77 bits per heavy atom. The summed E-state index contributed by atoms with van der Waals surface area (Å²) in [6.07, 6.45) is 2.89. The Morgan fingerprint density at radius 2 is 2.00 bits per heavy atom. The molecule has 4 rings (SSSR count). The lowest BCUT2D eigenvalue weighted by Crippen LogP contribution is -2.22. The van der Waals surface area contributed by atoms with Gasteiger partial charge >= 0.3 is 0 Å². The highest BCUT2D eigenvalue weighted by molar-refractivity contribution is 6.08. The second-order valence-corrected chi connectivity index (χ2v) is 5.79. The molecule has 110 valence electrons. The maximum atomic E-state index is 12.6. The van der Waals surface area contributed by atoms with Crippen molar-refractivity contribution in [2.75, 3.05) is 5.73 Å². The van der Waals surface area contributed by atoms with Crippen LogP contribution in [0.5, 0.6) is 0 Å². The van der Waals surface area contributed by atoms with Gasteiger partial charge in [-0.1, -0.05) is 30.3 Å². The molecule has 3 aromatic rings. The average Bonchev–Trinajstić information content (AvgIpc) is 2.89. The molecule has 1 unspecified atom stereocenters. The molecule has 1 aromatic carbocycles. The van der Waals surface area contributed by atoms with Crippen LogP contribution < -0.4 is 5.73 Å². The van der Waals surface area contributed by atoms with Gasteiger partial charge in [-0.2, -0.15) is 5.10 Å². The van der Waals surface area contributed by atoms with E-state index < -0.39 is 0 Å². The number of rotatable bonds is 1. The molecule has 1 aliphatic carbocycles. The van der Waals surface area contributed by atoms with Crippen molar-refractivity contribution in [1.29, 1.82) is 0 Å². The van der Waals surface area contributed by atoms with Crippen LogP contribution in [0.15, 0.2) is 36.5 Å². The molecule has 2 aromatic heterocycles. The van der Waals surface area contributed by atoms with Crippen molar-refractivity contribution < 1.29 is 4.79 Å². The number of carbonyl (C=O) groups excluding carboxylic acids is 1. The number of carbonyl (C=O) groups is 1. The quantitative estimate of drug-likeness (QED) is 0.747. The highest BCUT2D eigenvalue weighted by atomic mass is 16.1. The van der Waals surface area contributed by atoms with E-state index in [0.29, 0.717) is 17.7 Å². The Hall–Kier alpha value is -2.69. The van der Waals surface area contributed by atoms with Crippen molar-refractivity contribution >= 4 is 22.5 Å². The van der Waals surface area contributed by atoms with Crippen LogP contribution >= 0.6 is 0 Å². The predicted octanol–water partition coefficient (Wildman–Crippen LogP) is 2.46. The van der Waals surface area contributed by atoms with Crippen molar-refractivity contribution in [3.05, 3.63) is 53.3 Å². The highest BCUT2D eigenvalue weighted by Crippen LogP contribution is 2.36. The van der Waals surface area contributed by atoms with Crippen LogP contribution in [0.3, 0.4) is 0 Å². The summed E-state index contributed by atoms with van der Waals surface area (Å²) in [4.78, 5) is 17.3. The topological polar surface area (TPSA) is 73.8 Å². The molecule has 0 aliphatic heterocycles. The van der Waals surface area contributed by atoms with E-state index in [4.69, 9.17) is 5.73 Å². The molecule has 0 radical (unpaired) electrons. The van der Waals surface area contributed by atoms with Crippen molar-refractivity contribution in [2.24, 2.45) is 7.05 Å². The smallest absolute Gasteiger partial charge is 0.167 e. The zero-order valence-electron chi connectivity index (χ0n) is 12.3. The van der Waals surface area contributed by atoms with E-state index >= 15 is 0 Å². The predicted molar refractivity (Wildman–Crippen MR) is 84.8 cm³/mol. The van der Waals surface area contributed by atoms with Gasteiger partial charge in [0.1, 0.15) is 0 Å². The SMILES string of the molecule is Cn1ncc2c(N)c3c(nc21)CC(c1ccccc1)CC3=O. The molecule has 2 N–H and O–H groups in total. The van der Waals surface area contributed by atoms with Gasteiger partial charge in [0.2, 0.25) is 0 Å². The lowest BCUT2D eigenvalue weighted by molar-refractivity contribution is 0.0964. The first-order valence-electron chi connectivity index (χ1n) is 7.33. The number of pyridine rings is 1. The summed E-state index contributed by atoms with van der Waals surface area (Å²) in [5, 5.41) is 4.95. The number of nitrogen functional groups attached to an aromatic ring is 1. The zero-order valence-corrected chi connectivity index (χ0v) is 12.3. The number of Topliss-reactive ketones (excluding diaryl/α,β-unsaturated/α-hetero) is 1. The first-order valence-corrected chi connectivity index (χ1v) is 7.33. The minimum atomic E-state index is 0.0749. The van der Waals surface area contributed by atoms with Crippen LogP contribution in [-0.2, 0) is 13.5 Å². The Morgan fingerprint density at radius 1 is 1.23 bits per heavy atom. The first-order chi connectivity index (χ1) is 10.6. The second kappa shape index (κ2) is 4.66. The van der Waals surface area contributed by atoms with Crippen LogP contribution in [0.2, 0.25) is 0 Å². The standard InChI is InChI=1S/C17H16N4O/c1-21-17-12(9-19-21)16(18)15-13(20-17)7-11(8-14(15)22)10-5-3-2-4-6-10/h2-6,9,11H,7-8H2,1H3,(H2,18,20). The number of anilines is 1. The van der Waals surface area contributed by atoms with Crippen LogP contribution in [-0.4, -0.2) is 20.5 Å². The Kier molecular flexibility index (Phi) is 2.76.